The smallest absolute Gasteiger partial charge is 0.394 e. The molecule has 4 rings (SSSR count). The van der Waals surface area contributed by atoms with Crippen molar-refractivity contribution in [3.05, 3.63) is 129 Å². The fourth-order valence-electron chi connectivity index (χ4n) is 3.91. The van der Waals surface area contributed by atoms with Crippen LogP contribution < -0.4 is 9.05 Å². The highest BCUT2D eigenvalue weighted by Gasteiger charge is 2.29. The summed E-state index contributed by atoms with van der Waals surface area (Å²) in [5, 5.41) is 1.21. The van der Waals surface area contributed by atoms with E-state index in [4.69, 9.17) is 32.2 Å². The van der Waals surface area contributed by atoms with Crippen molar-refractivity contribution in [3.8, 4) is 11.5 Å². The Kier molecular flexibility index (Phi) is 9.60. The van der Waals surface area contributed by atoms with E-state index in [1.807, 2.05) is 24.3 Å². The van der Waals surface area contributed by atoms with Crippen molar-refractivity contribution in [2.75, 3.05) is 0 Å². The maximum atomic E-state index is 13.0. The Hall–Kier alpha value is -3.41. The number of carbonyl (C=O) groups is 2. The van der Waals surface area contributed by atoms with Crippen LogP contribution in [0.5, 0.6) is 11.5 Å². The van der Waals surface area contributed by atoms with E-state index >= 15 is 0 Å². The average molecular weight is 583 g/mol. The number of phosphoric ester groups is 1. The van der Waals surface area contributed by atoms with Gasteiger partial charge in [-0.15, -0.1) is 0 Å². The van der Waals surface area contributed by atoms with Crippen LogP contribution in [0.2, 0.25) is 10.0 Å². The summed E-state index contributed by atoms with van der Waals surface area (Å²) in [6.45, 7) is 0. The minimum Gasteiger partial charge on any atom is -0.394 e. The Bertz CT molecular complexity index is 1390. The normalized spacial score (nSPS) is 11.2. The Morgan fingerprint density at radius 3 is 1.36 bits per heavy atom. The number of phosphoric acid groups is 1. The molecule has 1 N–H and O–H groups in total. The number of hydrogen-bond acceptors (Lipinski definition) is 5. The first kappa shape index (κ1) is 28.6. The summed E-state index contributed by atoms with van der Waals surface area (Å²) in [6, 6.07) is 26.7. The highest BCUT2D eigenvalue weighted by molar-refractivity contribution is 7.48. The molecule has 4 aromatic carbocycles. The molecule has 0 spiro atoms. The predicted octanol–water partition coefficient (Wildman–Crippen LogP) is 8.18. The molecule has 0 radical (unpaired) electrons. The third-order valence-corrected chi connectivity index (χ3v) is 7.27. The molecule has 0 aliphatic carbocycles. The van der Waals surface area contributed by atoms with Gasteiger partial charge in [0.05, 0.1) is 11.1 Å². The van der Waals surface area contributed by atoms with Gasteiger partial charge in [0.1, 0.15) is 11.5 Å². The maximum absolute atomic E-state index is 13.0. The van der Waals surface area contributed by atoms with Crippen LogP contribution >= 0.6 is 31.0 Å². The monoisotopic (exact) mass is 582 g/mol. The van der Waals surface area contributed by atoms with Gasteiger partial charge in [-0.1, -0.05) is 71.7 Å². The third-order valence-electron chi connectivity index (χ3n) is 5.91. The number of hydrogen-bond donors (Lipinski definition) is 1. The lowest BCUT2D eigenvalue weighted by Gasteiger charge is -2.17. The number of rotatable bonds is 12. The van der Waals surface area contributed by atoms with E-state index in [9.17, 15) is 19.0 Å². The largest absolute Gasteiger partial charge is 0.584 e. The highest BCUT2D eigenvalue weighted by atomic mass is 35.5. The van der Waals surface area contributed by atoms with Crippen LogP contribution in [0.15, 0.2) is 97.1 Å². The zero-order chi connectivity index (χ0) is 27.8. The number of carbonyl (C=O) groups excluding carboxylic acids is 2. The van der Waals surface area contributed by atoms with E-state index in [2.05, 4.69) is 0 Å². The predicted molar refractivity (Wildman–Crippen MR) is 152 cm³/mol. The molecule has 4 aromatic rings. The Morgan fingerprint density at radius 2 is 0.974 bits per heavy atom. The van der Waals surface area contributed by atoms with Crippen LogP contribution in [-0.4, -0.2) is 16.5 Å². The molecular formula is C30H25Cl2O6P. The van der Waals surface area contributed by atoms with Crippen molar-refractivity contribution in [2.45, 2.75) is 25.7 Å². The molecule has 0 aliphatic rings. The minimum absolute atomic E-state index is 0.0871. The van der Waals surface area contributed by atoms with Gasteiger partial charge in [0, 0.05) is 22.9 Å². The Balaban J connectivity index is 1.44. The van der Waals surface area contributed by atoms with E-state index in [-0.39, 0.29) is 47.0 Å². The van der Waals surface area contributed by atoms with Crippen molar-refractivity contribution in [1.29, 1.82) is 0 Å². The molecule has 9 heteroatoms. The summed E-state index contributed by atoms with van der Waals surface area (Å²) < 4.78 is 23.6. The van der Waals surface area contributed by atoms with Gasteiger partial charge in [0.15, 0.2) is 11.6 Å². The van der Waals surface area contributed by atoms with E-state index in [1.54, 1.807) is 48.5 Å². The zero-order valence-corrected chi connectivity index (χ0v) is 23.2. The lowest BCUT2D eigenvalue weighted by molar-refractivity contribution is 0.0973. The van der Waals surface area contributed by atoms with Gasteiger partial charge in [0.25, 0.3) is 0 Å². The molecular weight excluding hydrogens is 558 g/mol. The van der Waals surface area contributed by atoms with Gasteiger partial charge in [-0.3, -0.25) is 14.5 Å². The fraction of sp³-hybridized carbons (Fsp3) is 0.133. The number of ketones is 2. The molecule has 0 bridgehead atoms. The molecule has 0 heterocycles. The SMILES string of the molecule is O=C(CCc1ccc(Cl)cc1)c1ccccc1OP(=O)(O)Oc1ccccc1C(=O)CCc1ccc(Cl)cc1. The number of benzene rings is 4. The first-order valence-electron chi connectivity index (χ1n) is 12.2. The van der Waals surface area contributed by atoms with Crippen LogP contribution in [-0.2, 0) is 17.4 Å². The maximum Gasteiger partial charge on any atom is 0.584 e. The van der Waals surface area contributed by atoms with Crippen molar-refractivity contribution in [2.24, 2.45) is 0 Å². The number of halogens is 2. The van der Waals surface area contributed by atoms with E-state index in [0.29, 0.717) is 22.9 Å². The van der Waals surface area contributed by atoms with Gasteiger partial charge in [-0.05, 0) is 72.5 Å². The van der Waals surface area contributed by atoms with Gasteiger partial charge < -0.3 is 9.05 Å². The molecule has 0 atom stereocenters. The molecule has 0 saturated carbocycles. The second kappa shape index (κ2) is 13.1. The molecule has 6 nitrogen and oxygen atoms in total. The summed E-state index contributed by atoms with van der Waals surface area (Å²) in [7, 11) is -4.77. The Labute approximate surface area is 236 Å². The molecule has 39 heavy (non-hydrogen) atoms. The minimum atomic E-state index is -4.77. The molecule has 0 fully saturated rings. The first-order chi connectivity index (χ1) is 18.7. The molecule has 0 saturated heterocycles. The molecule has 0 aromatic heterocycles. The number of para-hydroxylation sites is 2. The average Bonchev–Trinajstić information content (AvgIpc) is 2.92. The summed E-state index contributed by atoms with van der Waals surface area (Å²) >= 11 is 11.8. The van der Waals surface area contributed by atoms with Gasteiger partial charge >= 0.3 is 7.82 Å². The van der Waals surface area contributed by atoms with E-state index in [1.165, 1.54) is 24.3 Å². The summed E-state index contributed by atoms with van der Waals surface area (Å²) in [5.41, 5.74) is 2.16. The lowest BCUT2D eigenvalue weighted by atomic mass is 10.0. The first-order valence-corrected chi connectivity index (χ1v) is 14.4. The van der Waals surface area contributed by atoms with E-state index < -0.39 is 7.82 Å². The number of aryl methyl sites for hydroxylation is 2. The summed E-state index contributed by atoms with van der Waals surface area (Å²) in [4.78, 5) is 36.4. The van der Waals surface area contributed by atoms with Crippen molar-refractivity contribution in [3.63, 3.8) is 0 Å². The second-order valence-corrected chi connectivity index (χ2v) is 10.9. The van der Waals surface area contributed by atoms with Crippen molar-refractivity contribution >= 4 is 42.6 Å². The third kappa shape index (κ3) is 8.29. The molecule has 200 valence electrons. The van der Waals surface area contributed by atoms with Gasteiger partial charge in [-0.25, -0.2) is 4.57 Å². The highest BCUT2D eigenvalue weighted by Crippen LogP contribution is 2.46. The zero-order valence-electron chi connectivity index (χ0n) is 20.8. The van der Waals surface area contributed by atoms with Crippen LogP contribution in [0.4, 0.5) is 0 Å². The topological polar surface area (TPSA) is 89.9 Å². The standard InChI is InChI=1S/C30H25Cl2O6P/c31-23-15-9-21(10-16-23)13-19-27(33)25-5-1-3-7-29(25)37-39(35,36)38-30-8-4-2-6-26(30)28(34)20-14-22-11-17-24(32)18-12-22/h1-12,15-18H,13-14,19-20H2,(H,35,36). The van der Waals surface area contributed by atoms with Crippen LogP contribution in [0.25, 0.3) is 0 Å². The molecule has 0 aliphatic heterocycles. The lowest BCUT2D eigenvalue weighted by Crippen LogP contribution is -2.08. The van der Waals surface area contributed by atoms with Gasteiger partial charge in [0.2, 0.25) is 0 Å². The molecule has 0 unspecified atom stereocenters. The Morgan fingerprint density at radius 1 is 0.615 bits per heavy atom. The quantitative estimate of drug-likeness (QED) is 0.134. The number of Topliss-reactive ketones (excluding diaryl/α,β-unsaturated/α-hetero) is 2. The van der Waals surface area contributed by atoms with Crippen LogP contribution in [0, 0.1) is 0 Å². The summed E-state index contributed by atoms with van der Waals surface area (Å²) in [5.74, 6) is -0.705. The summed E-state index contributed by atoms with van der Waals surface area (Å²) in [6.07, 6.45) is 1.24. The van der Waals surface area contributed by atoms with Crippen LogP contribution in [0.3, 0.4) is 0 Å². The molecule has 0 amide bonds. The van der Waals surface area contributed by atoms with Gasteiger partial charge in [-0.2, -0.15) is 0 Å². The fourth-order valence-corrected chi connectivity index (χ4v) is 5.01. The van der Waals surface area contributed by atoms with Crippen LogP contribution in [0.1, 0.15) is 44.7 Å². The second-order valence-electron chi connectivity index (χ2n) is 8.74. The van der Waals surface area contributed by atoms with E-state index in [0.717, 1.165) is 11.1 Å². The van der Waals surface area contributed by atoms with Crippen molar-refractivity contribution < 1.29 is 28.1 Å². The van der Waals surface area contributed by atoms with Crippen molar-refractivity contribution in [1.82, 2.24) is 0 Å².